The molecule has 0 aliphatic carbocycles. The van der Waals surface area contributed by atoms with Gasteiger partial charge in [0.2, 0.25) is 0 Å². The van der Waals surface area contributed by atoms with Crippen LogP contribution in [0, 0.1) is 10.8 Å². The fraction of sp³-hybridized carbons (Fsp3) is 0.309. The smallest absolute Gasteiger partial charge is 0.137 e. The third kappa shape index (κ3) is 10.3. The highest BCUT2D eigenvalue weighted by Gasteiger charge is 2.33. The van der Waals surface area contributed by atoms with Crippen LogP contribution in [-0.4, -0.2) is 16.2 Å². The first-order valence-electron chi connectivity index (χ1n) is 26.5. The van der Waals surface area contributed by atoms with Gasteiger partial charge >= 0.3 is 0 Å². The number of para-hydroxylation sites is 3. The van der Waals surface area contributed by atoms with E-state index in [0.29, 0.717) is 6.67 Å². The molecule has 0 bridgehead atoms. The molecule has 3 heterocycles. The number of pyridine rings is 1. The summed E-state index contributed by atoms with van der Waals surface area (Å²) in [5.41, 5.74) is 17.5. The van der Waals surface area contributed by atoms with Gasteiger partial charge in [-0.1, -0.05) is 174 Å². The van der Waals surface area contributed by atoms with E-state index in [1.54, 1.807) is 0 Å². The zero-order valence-electron chi connectivity index (χ0n) is 45.4. The summed E-state index contributed by atoms with van der Waals surface area (Å²) in [6.07, 6.45) is 6.30. The maximum absolute atomic E-state index is 6.98. The van der Waals surface area contributed by atoms with Gasteiger partial charge in [0.05, 0.1) is 28.1 Å². The summed E-state index contributed by atoms with van der Waals surface area (Å²) >= 11 is 0. The molecular weight excluding hydrogens is 889 g/mol. The Kier molecular flexibility index (Phi) is 12.9. The van der Waals surface area contributed by atoms with Crippen molar-refractivity contribution in [3.63, 3.8) is 0 Å². The predicted molar refractivity (Wildman–Crippen MR) is 311 cm³/mol. The highest BCUT2D eigenvalue weighted by atomic mass is 16.5. The number of hydrogen-bond donors (Lipinski definition) is 0. The maximum atomic E-state index is 6.98. The second kappa shape index (κ2) is 19.1. The number of rotatable bonds is 11. The zero-order chi connectivity index (χ0) is 51.5. The van der Waals surface area contributed by atoms with Crippen molar-refractivity contribution < 1.29 is 4.74 Å². The van der Waals surface area contributed by atoms with E-state index in [-0.39, 0.29) is 21.7 Å². The number of anilines is 4. The van der Waals surface area contributed by atoms with Crippen molar-refractivity contribution >= 4 is 44.6 Å². The van der Waals surface area contributed by atoms with Crippen molar-refractivity contribution in [3.05, 3.63) is 192 Å². The van der Waals surface area contributed by atoms with E-state index in [1.807, 2.05) is 6.20 Å². The Morgan fingerprint density at radius 2 is 1.08 bits per heavy atom. The first-order valence-corrected chi connectivity index (χ1v) is 26.5. The molecule has 2 aromatic heterocycles. The van der Waals surface area contributed by atoms with Gasteiger partial charge in [-0.2, -0.15) is 0 Å². The number of nitrogens with zero attached hydrogens (tertiary/aromatic N) is 4. The molecule has 1 aliphatic heterocycles. The summed E-state index contributed by atoms with van der Waals surface area (Å²) in [6.45, 7) is 28.5. The normalized spacial score (nSPS) is 13.3. The number of aryl methyl sites for hydroxylation is 2. The Labute approximate surface area is 435 Å². The lowest BCUT2D eigenvalue weighted by Gasteiger charge is -2.29. The summed E-state index contributed by atoms with van der Waals surface area (Å²) in [6, 6.07) is 60.0. The van der Waals surface area contributed by atoms with Crippen LogP contribution >= 0.6 is 0 Å². The van der Waals surface area contributed by atoms with Crippen LogP contribution in [0.1, 0.15) is 118 Å². The fourth-order valence-electron chi connectivity index (χ4n) is 10.7. The first kappa shape index (κ1) is 49.5. The van der Waals surface area contributed by atoms with Crippen molar-refractivity contribution in [2.45, 2.75) is 120 Å². The molecule has 0 unspecified atom stereocenters. The molecule has 0 saturated heterocycles. The molecular formula is C68H74N4O. The molecule has 0 radical (unpaired) electrons. The minimum absolute atomic E-state index is 0.0358. The van der Waals surface area contributed by atoms with Crippen molar-refractivity contribution in [2.24, 2.45) is 10.8 Å². The maximum Gasteiger partial charge on any atom is 0.137 e. The number of ether oxygens (including phenoxy) is 1. The number of hydrogen-bond acceptors (Lipinski definition) is 4. The standard InChI is InChI=1S/C68H74N4O/c1-65(2,3)37-34-47-40-57-55-33-32-52(44-62(55)72(61(57)41-48(47)35-38-66(4,5)6)63-42-49(36-39-69-63)67(7,8)9)73-51-25-20-24-50(43-51)70-45-71(60-31-19-18-30-59(60)70)64-53(46-22-14-13-15-23-46)27-21-28-56(64)54-26-16-17-29-58(54)68(10,11)12/h13-33,36,39-44H,34-35,37-38,45H2,1-12H3. The minimum Gasteiger partial charge on any atom is -0.457 e. The topological polar surface area (TPSA) is 33.5 Å². The Morgan fingerprint density at radius 1 is 0.479 bits per heavy atom. The Morgan fingerprint density at radius 3 is 1.78 bits per heavy atom. The zero-order valence-corrected chi connectivity index (χ0v) is 45.4. The summed E-state index contributed by atoms with van der Waals surface area (Å²) < 4.78 is 9.36. The SMILES string of the molecule is CC(C)(C)CCc1cc2c3ccc(Oc4cccc(N5CN(c6c(-c7ccccc7)cccc6-c6ccccc6C(C)(C)C)c6ccccc65)c4)cc3n(-c3cc(C(C)(C)C)ccn3)c2cc1CCC(C)(C)C. The van der Waals surface area contributed by atoms with Gasteiger partial charge < -0.3 is 14.5 Å². The predicted octanol–water partition coefficient (Wildman–Crippen LogP) is 19.1. The molecule has 5 heteroatoms. The van der Waals surface area contributed by atoms with Gasteiger partial charge in [-0.05, 0) is 141 Å². The highest BCUT2D eigenvalue weighted by molar-refractivity contribution is 6.10. The van der Waals surface area contributed by atoms with E-state index in [0.717, 1.165) is 65.6 Å². The molecule has 9 aromatic rings. The molecule has 0 N–H and O–H groups in total. The van der Waals surface area contributed by atoms with Crippen LogP contribution in [0.4, 0.5) is 22.7 Å². The highest BCUT2D eigenvalue weighted by Crippen LogP contribution is 2.51. The molecule has 0 fully saturated rings. The van der Waals surface area contributed by atoms with E-state index in [4.69, 9.17) is 9.72 Å². The lowest BCUT2D eigenvalue weighted by molar-refractivity contribution is 0.371. The molecule has 10 rings (SSSR count). The molecule has 0 amide bonds. The monoisotopic (exact) mass is 963 g/mol. The van der Waals surface area contributed by atoms with E-state index < -0.39 is 0 Å². The van der Waals surface area contributed by atoms with Crippen molar-refractivity contribution in [1.29, 1.82) is 0 Å². The Balaban J connectivity index is 1.06. The van der Waals surface area contributed by atoms with Gasteiger partial charge in [-0.25, -0.2) is 4.98 Å². The van der Waals surface area contributed by atoms with Gasteiger partial charge in [-0.3, -0.25) is 4.57 Å². The van der Waals surface area contributed by atoms with E-state index in [9.17, 15) is 0 Å². The summed E-state index contributed by atoms with van der Waals surface area (Å²) in [5.74, 6) is 2.48. The van der Waals surface area contributed by atoms with Gasteiger partial charge in [0.25, 0.3) is 0 Å². The average Bonchev–Trinajstić information content (AvgIpc) is 3.89. The number of aromatic nitrogens is 2. The molecule has 0 saturated carbocycles. The third-order valence-electron chi connectivity index (χ3n) is 14.7. The van der Waals surface area contributed by atoms with Gasteiger partial charge in [0.15, 0.2) is 0 Å². The quantitative estimate of drug-likeness (QED) is 0.129. The molecule has 0 atom stereocenters. The molecule has 73 heavy (non-hydrogen) atoms. The van der Waals surface area contributed by atoms with Crippen LogP contribution < -0.4 is 14.5 Å². The van der Waals surface area contributed by atoms with Crippen LogP contribution in [0.5, 0.6) is 11.5 Å². The molecule has 0 spiro atoms. The van der Waals surface area contributed by atoms with Crippen LogP contribution in [-0.2, 0) is 23.7 Å². The van der Waals surface area contributed by atoms with Crippen LogP contribution in [0.25, 0.3) is 49.9 Å². The Hall–Kier alpha value is -7.11. The number of benzene rings is 7. The minimum atomic E-state index is -0.0494. The van der Waals surface area contributed by atoms with Gasteiger partial charge in [0.1, 0.15) is 24.0 Å². The van der Waals surface area contributed by atoms with Gasteiger partial charge in [0, 0.05) is 45.9 Å². The summed E-state index contributed by atoms with van der Waals surface area (Å²) in [5, 5.41) is 2.46. The van der Waals surface area contributed by atoms with E-state index in [1.165, 1.54) is 66.5 Å². The van der Waals surface area contributed by atoms with E-state index in [2.05, 4.69) is 261 Å². The van der Waals surface area contributed by atoms with Crippen molar-refractivity contribution in [2.75, 3.05) is 16.5 Å². The van der Waals surface area contributed by atoms with Crippen LogP contribution in [0.15, 0.2) is 170 Å². The molecule has 1 aliphatic rings. The second-order valence-corrected chi connectivity index (χ2v) is 24.9. The molecule has 5 nitrogen and oxygen atoms in total. The first-order chi connectivity index (χ1) is 34.7. The fourth-order valence-corrected chi connectivity index (χ4v) is 10.7. The largest absolute Gasteiger partial charge is 0.457 e. The van der Waals surface area contributed by atoms with Crippen LogP contribution in [0.3, 0.4) is 0 Å². The molecule has 372 valence electrons. The Bertz CT molecular complexity index is 3460. The molecule has 7 aromatic carbocycles. The van der Waals surface area contributed by atoms with Gasteiger partial charge in [-0.15, -0.1) is 0 Å². The van der Waals surface area contributed by atoms with Crippen molar-refractivity contribution in [3.8, 4) is 39.6 Å². The van der Waals surface area contributed by atoms with Crippen molar-refractivity contribution in [1.82, 2.24) is 9.55 Å². The lowest BCUT2D eigenvalue weighted by atomic mass is 9.81. The summed E-state index contributed by atoms with van der Waals surface area (Å²) in [4.78, 5) is 10.0. The second-order valence-electron chi connectivity index (χ2n) is 24.9. The lowest BCUT2D eigenvalue weighted by Crippen LogP contribution is -2.25. The number of fused-ring (bicyclic) bond motifs is 4. The summed E-state index contributed by atoms with van der Waals surface area (Å²) in [7, 11) is 0. The third-order valence-corrected chi connectivity index (χ3v) is 14.7. The average molecular weight is 963 g/mol. The van der Waals surface area contributed by atoms with E-state index >= 15 is 0 Å². The van der Waals surface area contributed by atoms with Crippen LogP contribution in [0.2, 0.25) is 0 Å².